The normalized spacial score (nSPS) is 15.6. The predicted molar refractivity (Wildman–Crippen MR) is 147 cm³/mol. The minimum absolute atomic E-state index is 0.0220. The van der Waals surface area contributed by atoms with Gasteiger partial charge in [0.15, 0.2) is 0 Å². The molecule has 3 aromatic rings. The van der Waals surface area contributed by atoms with Gasteiger partial charge in [0.25, 0.3) is 0 Å². The van der Waals surface area contributed by atoms with Crippen LogP contribution in [0, 0.1) is 11.7 Å². The van der Waals surface area contributed by atoms with Gasteiger partial charge >= 0.3 is 0 Å². The molecule has 0 saturated heterocycles. The van der Waals surface area contributed by atoms with Gasteiger partial charge in [0.1, 0.15) is 11.9 Å². The number of halogens is 1. The summed E-state index contributed by atoms with van der Waals surface area (Å²) >= 11 is 0. The Morgan fingerprint density at radius 1 is 0.919 bits per heavy atom. The topological polar surface area (TPSA) is 52.7 Å². The van der Waals surface area contributed by atoms with Crippen molar-refractivity contribution in [2.75, 3.05) is 24.3 Å². The minimum Gasteiger partial charge on any atom is -0.378 e. The van der Waals surface area contributed by atoms with Crippen molar-refractivity contribution in [1.82, 2.24) is 4.90 Å². The van der Waals surface area contributed by atoms with Crippen molar-refractivity contribution in [3.8, 4) is 0 Å². The average molecular weight is 500 g/mol. The second-order valence-electron chi connectivity index (χ2n) is 9.73. The summed E-state index contributed by atoms with van der Waals surface area (Å²) in [4.78, 5) is 31.4. The molecule has 0 aromatic heterocycles. The van der Waals surface area contributed by atoms with E-state index in [0.29, 0.717) is 5.69 Å². The number of rotatable bonds is 9. The molecule has 5 nitrogen and oxygen atoms in total. The van der Waals surface area contributed by atoms with Gasteiger partial charge in [-0.15, -0.1) is 0 Å². The van der Waals surface area contributed by atoms with Crippen molar-refractivity contribution in [2.24, 2.45) is 5.92 Å². The molecule has 6 heteroatoms. The second kappa shape index (κ2) is 12.3. The molecule has 2 unspecified atom stereocenters. The van der Waals surface area contributed by atoms with Crippen LogP contribution in [-0.4, -0.2) is 36.9 Å². The first-order valence-corrected chi connectivity index (χ1v) is 12.7. The molecule has 0 bridgehead atoms. The van der Waals surface area contributed by atoms with E-state index < -0.39 is 6.04 Å². The standard InChI is InChI=1S/C31H34FN3O2/c1-34(2)28-19-17-27(18-20-28)33-31(37)30(25-11-7-4-8-12-25)35(22-24-13-15-26(32)16-14-24)29(36)21-23-9-5-3-6-10-23/h3-7,9-10,13-20,25,30H,8,11-12,21-22H2,1-2H3,(H,33,37). The average Bonchev–Trinajstić information content (AvgIpc) is 2.91. The van der Waals surface area contributed by atoms with Gasteiger partial charge in [-0.25, -0.2) is 4.39 Å². The Bertz CT molecular complexity index is 1210. The number of nitrogens with one attached hydrogen (secondary N) is 1. The Morgan fingerprint density at radius 2 is 1.62 bits per heavy atom. The summed E-state index contributed by atoms with van der Waals surface area (Å²) in [6, 6.07) is 22.7. The summed E-state index contributed by atoms with van der Waals surface area (Å²) in [6.07, 6.45) is 6.80. The molecule has 1 N–H and O–H groups in total. The highest BCUT2D eigenvalue weighted by Crippen LogP contribution is 2.29. The van der Waals surface area contributed by atoms with E-state index in [2.05, 4.69) is 17.5 Å². The van der Waals surface area contributed by atoms with Crippen LogP contribution in [0.4, 0.5) is 15.8 Å². The zero-order chi connectivity index (χ0) is 26.2. The van der Waals surface area contributed by atoms with E-state index >= 15 is 0 Å². The first-order chi connectivity index (χ1) is 17.9. The molecular weight excluding hydrogens is 465 g/mol. The fourth-order valence-electron chi connectivity index (χ4n) is 4.77. The van der Waals surface area contributed by atoms with Crippen molar-refractivity contribution in [3.05, 3.63) is 108 Å². The van der Waals surface area contributed by atoms with Gasteiger partial charge in [-0.2, -0.15) is 0 Å². The van der Waals surface area contributed by atoms with Gasteiger partial charge in [0, 0.05) is 32.0 Å². The van der Waals surface area contributed by atoms with Crippen molar-refractivity contribution in [3.63, 3.8) is 0 Å². The maximum Gasteiger partial charge on any atom is 0.247 e. The lowest BCUT2D eigenvalue weighted by Gasteiger charge is -2.37. The summed E-state index contributed by atoms with van der Waals surface area (Å²) in [5, 5.41) is 3.06. The Balaban J connectivity index is 1.66. The van der Waals surface area contributed by atoms with E-state index in [0.717, 1.165) is 36.1 Å². The Labute approximate surface area is 218 Å². The third-order valence-electron chi connectivity index (χ3n) is 6.80. The Morgan fingerprint density at radius 3 is 2.24 bits per heavy atom. The van der Waals surface area contributed by atoms with Crippen LogP contribution >= 0.6 is 0 Å². The number of carbonyl (C=O) groups is 2. The van der Waals surface area contributed by atoms with Crippen molar-refractivity contribution in [1.29, 1.82) is 0 Å². The van der Waals surface area contributed by atoms with E-state index in [1.165, 1.54) is 12.1 Å². The van der Waals surface area contributed by atoms with Crippen LogP contribution in [-0.2, 0) is 22.6 Å². The molecule has 0 saturated carbocycles. The summed E-state index contributed by atoms with van der Waals surface area (Å²) in [7, 11) is 3.93. The van der Waals surface area contributed by atoms with Gasteiger partial charge in [-0.1, -0.05) is 54.6 Å². The third-order valence-corrected chi connectivity index (χ3v) is 6.80. The van der Waals surface area contributed by atoms with E-state index in [4.69, 9.17) is 0 Å². The number of hydrogen-bond acceptors (Lipinski definition) is 3. The maximum atomic E-state index is 13.9. The van der Waals surface area contributed by atoms with E-state index in [1.54, 1.807) is 17.0 Å². The monoisotopic (exact) mass is 499 g/mol. The number of anilines is 2. The fraction of sp³-hybridized carbons (Fsp3) is 0.290. The zero-order valence-corrected chi connectivity index (χ0v) is 21.4. The highest BCUT2D eigenvalue weighted by atomic mass is 19.1. The molecule has 0 spiro atoms. The van der Waals surface area contributed by atoms with Gasteiger partial charge in [0.05, 0.1) is 6.42 Å². The zero-order valence-electron chi connectivity index (χ0n) is 21.4. The van der Waals surface area contributed by atoms with Crippen LogP contribution in [0.25, 0.3) is 0 Å². The third kappa shape index (κ3) is 7.06. The molecule has 4 rings (SSSR count). The molecule has 0 radical (unpaired) electrons. The molecule has 0 heterocycles. The minimum atomic E-state index is -0.667. The number of carbonyl (C=O) groups excluding carboxylic acids is 2. The molecular formula is C31H34FN3O2. The number of allylic oxidation sites excluding steroid dienone is 2. The first kappa shape index (κ1) is 26.1. The SMILES string of the molecule is CN(C)c1ccc(NC(=O)C(C2CC=CCC2)N(Cc2ccc(F)cc2)C(=O)Cc2ccccc2)cc1. The molecule has 3 aromatic carbocycles. The fourth-order valence-corrected chi connectivity index (χ4v) is 4.77. The van der Waals surface area contributed by atoms with Crippen LogP contribution in [0.5, 0.6) is 0 Å². The van der Waals surface area contributed by atoms with Crippen LogP contribution in [0.1, 0.15) is 30.4 Å². The van der Waals surface area contributed by atoms with Gasteiger partial charge < -0.3 is 15.1 Å². The summed E-state index contributed by atoms with van der Waals surface area (Å²) < 4.78 is 13.6. The van der Waals surface area contributed by atoms with Crippen molar-refractivity contribution in [2.45, 2.75) is 38.3 Å². The smallest absolute Gasteiger partial charge is 0.247 e. The van der Waals surface area contributed by atoms with Crippen LogP contribution in [0.15, 0.2) is 91.0 Å². The molecule has 2 amide bonds. The number of hydrogen-bond donors (Lipinski definition) is 1. The molecule has 192 valence electrons. The van der Waals surface area contributed by atoms with Gasteiger partial charge in [-0.05, 0) is 72.7 Å². The Hall–Kier alpha value is -3.93. The number of amides is 2. The lowest BCUT2D eigenvalue weighted by atomic mass is 9.85. The second-order valence-corrected chi connectivity index (χ2v) is 9.73. The summed E-state index contributed by atoms with van der Waals surface area (Å²) in [5.41, 5.74) is 3.38. The number of nitrogens with zero attached hydrogens (tertiary/aromatic N) is 2. The molecule has 37 heavy (non-hydrogen) atoms. The van der Waals surface area contributed by atoms with Gasteiger partial charge in [0.2, 0.25) is 11.8 Å². The van der Waals surface area contributed by atoms with Crippen LogP contribution in [0.3, 0.4) is 0 Å². The molecule has 0 fully saturated rings. The largest absolute Gasteiger partial charge is 0.378 e. The number of benzene rings is 3. The molecule has 1 aliphatic rings. The highest BCUT2D eigenvalue weighted by molar-refractivity contribution is 5.97. The van der Waals surface area contributed by atoms with E-state index in [9.17, 15) is 14.0 Å². The van der Waals surface area contributed by atoms with E-state index in [-0.39, 0.29) is 36.5 Å². The van der Waals surface area contributed by atoms with Gasteiger partial charge in [-0.3, -0.25) is 9.59 Å². The summed E-state index contributed by atoms with van der Waals surface area (Å²) in [6.45, 7) is 0.226. The Kier molecular flexibility index (Phi) is 8.72. The van der Waals surface area contributed by atoms with Crippen molar-refractivity contribution >= 4 is 23.2 Å². The lowest BCUT2D eigenvalue weighted by molar-refractivity contribution is -0.141. The van der Waals surface area contributed by atoms with Crippen LogP contribution in [0.2, 0.25) is 0 Å². The van der Waals surface area contributed by atoms with Crippen molar-refractivity contribution < 1.29 is 14.0 Å². The first-order valence-electron chi connectivity index (χ1n) is 12.7. The summed E-state index contributed by atoms with van der Waals surface area (Å²) in [5.74, 6) is -0.695. The lowest BCUT2D eigenvalue weighted by Crippen LogP contribution is -2.51. The van der Waals surface area contributed by atoms with E-state index in [1.807, 2.05) is 73.6 Å². The predicted octanol–water partition coefficient (Wildman–Crippen LogP) is 5.83. The quantitative estimate of drug-likeness (QED) is 0.377. The van der Waals surface area contributed by atoms with Crippen LogP contribution < -0.4 is 10.2 Å². The molecule has 2 atom stereocenters. The highest BCUT2D eigenvalue weighted by Gasteiger charge is 2.36. The molecule has 0 aliphatic heterocycles. The maximum absolute atomic E-state index is 13.9. The molecule has 1 aliphatic carbocycles.